The molecule has 3 rings (SSSR count). The van der Waals surface area contributed by atoms with Crippen molar-refractivity contribution >= 4 is 45.0 Å². The molecular formula is C18H15N3OS2. The molecule has 0 saturated carbocycles. The Morgan fingerprint density at radius 2 is 2.04 bits per heavy atom. The number of benzene rings is 1. The highest BCUT2D eigenvalue weighted by molar-refractivity contribution is 7.98. The number of thioether (sulfide) groups is 1. The van der Waals surface area contributed by atoms with Crippen molar-refractivity contribution in [2.45, 2.75) is 18.7 Å². The Balaban J connectivity index is 2.11. The number of aryl methyl sites for hydroxylation is 2. The first-order valence-electron chi connectivity index (χ1n) is 7.29. The lowest BCUT2D eigenvalue weighted by Gasteiger charge is -2.01. The van der Waals surface area contributed by atoms with Crippen LogP contribution in [0, 0.1) is 25.2 Å². The van der Waals surface area contributed by atoms with Gasteiger partial charge in [0.25, 0.3) is 5.56 Å². The highest BCUT2D eigenvalue weighted by Crippen LogP contribution is 2.27. The topological polar surface area (TPSA) is 69.5 Å². The normalized spacial score (nSPS) is 11.7. The third-order valence-electron chi connectivity index (χ3n) is 3.84. The Morgan fingerprint density at radius 1 is 1.33 bits per heavy atom. The van der Waals surface area contributed by atoms with Crippen LogP contribution in [0.2, 0.25) is 0 Å². The van der Waals surface area contributed by atoms with Gasteiger partial charge in [-0.3, -0.25) is 4.79 Å². The van der Waals surface area contributed by atoms with Crippen molar-refractivity contribution < 1.29 is 0 Å². The summed E-state index contributed by atoms with van der Waals surface area (Å²) in [5.41, 5.74) is 1.99. The van der Waals surface area contributed by atoms with Crippen LogP contribution in [0.25, 0.3) is 21.9 Å². The van der Waals surface area contributed by atoms with E-state index in [-0.39, 0.29) is 5.56 Å². The minimum Gasteiger partial charge on any atom is -0.305 e. The van der Waals surface area contributed by atoms with Gasteiger partial charge in [0.05, 0.1) is 11.0 Å². The van der Waals surface area contributed by atoms with Crippen molar-refractivity contribution in [1.29, 1.82) is 5.26 Å². The standard InChI is InChI=1S/C18H15N3OS2/c1-10-11(2)24-18-15(10)17(22)20-16(21-18)13(9-19)8-12-4-6-14(23-3)7-5-12/h4-8H,1-3H3,(H,20,21,22). The molecule has 0 aliphatic carbocycles. The molecule has 0 atom stereocenters. The minimum absolute atomic E-state index is 0.198. The lowest BCUT2D eigenvalue weighted by Crippen LogP contribution is -2.10. The van der Waals surface area contributed by atoms with Gasteiger partial charge in [0.15, 0.2) is 5.82 Å². The maximum absolute atomic E-state index is 12.4. The number of hydrogen-bond acceptors (Lipinski definition) is 5. The molecule has 0 spiro atoms. The van der Waals surface area contributed by atoms with Crippen molar-refractivity contribution in [3.8, 4) is 6.07 Å². The van der Waals surface area contributed by atoms with Crippen molar-refractivity contribution in [2.75, 3.05) is 6.26 Å². The van der Waals surface area contributed by atoms with Crippen LogP contribution in [0.1, 0.15) is 21.8 Å². The first-order chi connectivity index (χ1) is 11.5. The number of hydrogen-bond donors (Lipinski definition) is 1. The molecule has 6 heteroatoms. The predicted molar refractivity (Wildman–Crippen MR) is 101 cm³/mol. The van der Waals surface area contributed by atoms with Crippen LogP contribution < -0.4 is 5.56 Å². The molecule has 0 aliphatic heterocycles. The molecule has 0 fully saturated rings. The van der Waals surface area contributed by atoms with E-state index in [9.17, 15) is 10.1 Å². The summed E-state index contributed by atoms with van der Waals surface area (Å²) in [5.74, 6) is 0.310. The lowest BCUT2D eigenvalue weighted by atomic mass is 10.1. The van der Waals surface area contributed by atoms with Crippen LogP contribution in [0.4, 0.5) is 0 Å². The number of nitriles is 1. The molecule has 0 saturated heterocycles. The minimum atomic E-state index is -0.198. The van der Waals surface area contributed by atoms with Gasteiger partial charge in [-0.2, -0.15) is 5.26 Å². The highest BCUT2D eigenvalue weighted by atomic mass is 32.2. The molecule has 1 aromatic carbocycles. The number of fused-ring (bicyclic) bond motifs is 1. The zero-order chi connectivity index (χ0) is 17.3. The van der Waals surface area contributed by atoms with Gasteiger partial charge in [-0.05, 0) is 49.4 Å². The summed E-state index contributed by atoms with van der Waals surface area (Å²) in [6.45, 7) is 3.88. The third kappa shape index (κ3) is 3.01. The SMILES string of the molecule is CSc1ccc(C=C(C#N)c2nc3sc(C)c(C)c3c(=O)[nH]2)cc1. The van der Waals surface area contributed by atoms with E-state index in [0.29, 0.717) is 21.6 Å². The van der Waals surface area contributed by atoms with Gasteiger partial charge in [0.1, 0.15) is 10.9 Å². The van der Waals surface area contributed by atoms with Crippen molar-refractivity contribution in [3.05, 3.63) is 56.4 Å². The Hall–Kier alpha value is -2.36. The molecule has 0 amide bonds. The molecule has 0 unspecified atom stereocenters. The number of nitrogens with one attached hydrogen (secondary N) is 1. The van der Waals surface area contributed by atoms with Crippen LogP contribution in [0.3, 0.4) is 0 Å². The van der Waals surface area contributed by atoms with Gasteiger partial charge in [0, 0.05) is 9.77 Å². The quantitative estimate of drug-likeness (QED) is 0.560. The smallest absolute Gasteiger partial charge is 0.260 e. The largest absolute Gasteiger partial charge is 0.305 e. The monoisotopic (exact) mass is 353 g/mol. The number of aromatic amines is 1. The molecule has 24 heavy (non-hydrogen) atoms. The summed E-state index contributed by atoms with van der Waals surface area (Å²) in [6.07, 6.45) is 3.75. The maximum Gasteiger partial charge on any atom is 0.260 e. The number of rotatable bonds is 3. The van der Waals surface area contributed by atoms with Gasteiger partial charge in [-0.25, -0.2) is 4.98 Å². The summed E-state index contributed by atoms with van der Waals surface area (Å²) >= 11 is 3.14. The van der Waals surface area contributed by atoms with Crippen LogP contribution in [-0.2, 0) is 0 Å². The Morgan fingerprint density at radius 3 is 2.67 bits per heavy atom. The fourth-order valence-electron chi connectivity index (χ4n) is 2.40. The fourth-order valence-corrected chi connectivity index (χ4v) is 3.84. The zero-order valence-corrected chi connectivity index (χ0v) is 15.1. The van der Waals surface area contributed by atoms with E-state index < -0.39 is 0 Å². The van der Waals surface area contributed by atoms with E-state index in [1.165, 1.54) is 11.3 Å². The molecule has 3 aromatic rings. The average Bonchev–Trinajstić information content (AvgIpc) is 2.87. The summed E-state index contributed by atoms with van der Waals surface area (Å²) < 4.78 is 0. The molecule has 0 aliphatic rings. The molecule has 2 aromatic heterocycles. The van der Waals surface area contributed by atoms with E-state index in [2.05, 4.69) is 16.0 Å². The Labute approximate surface area is 147 Å². The molecular weight excluding hydrogens is 338 g/mol. The summed E-state index contributed by atoms with van der Waals surface area (Å²) in [5, 5.41) is 10.1. The summed E-state index contributed by atoms with van der Waals surface area (Å²) in [7, 11) is 0. The molecule has 1 N–H and O–H groups in total. The van der Waals surface area contributed by atoms with E-state index in [4.69, 9.17) is 0 Å². The second-order valence-corrected chi connectivity index (χ2v) is 7.40. The van der Waals surface area contributed by atoms with Crippen molar-refractivity contribution in [3.63, 3.8) is 0 Å². The number of aromatic nitrogens is 2. The molecule has 0 radical (unpaired) electrons. The second-order valence-electron chi connectivity index (χ2n) is 5.32. The summed E-state index contributed by atoms with van der Waals surface area (Å²) in [6, 6.07) is 10.0. The fraction of sp³-hybridized carbons (Fsp3) is 0.167. The predicted octanol–water partition coefficient (Wildman–Crippen LogP) is 4.39. The second kappa shape index (κ2) is 6.63. The molecule has 2 heterocycles. The maximum atomic E-state index is 12.4. The van der Waals surface area contributed by atoms with Gasteiger partial charge in [-0.1, -0.05) is 12.1 Å². The van der Waals surface area contributed by atoms with Crippen LogP contribution in [-0.4, -0.2) is 16.2 Å². The molecule has 4 nitrogen and oxygen atoms in total. The van der Waals surface area contributed by atoms with Crippen LogP contribution >= 0.6 is 23.1 Å². The molecule has 0 bridgehead atoms. The average molecular weight is 353 g/mol. The third-order valence-corrected chi connectivity index (χ3v) is 5.69. The highest BCUT2D eigenvalue weighted by Gasteiger charge is 2.13. The van der Waals surface area contributed by atoms with Gasteiger partial charge < -0.3 is 4.98 Å². The van der Waals surface area contributed by atoms with E-state index in [0.717, 1.165) is 20.9 Å². The molecule has 120 valence electrons. The van der Waals surface area contributed by atoms with E-state index in [1.54, 1.807) is 17.8 Å². The number of thiophene rings is 1. The van der Waals surface area contributed by atoms with Crippen LogP contribution in [0.15, 0.2) is 34.0 Å². The van der Waals surface area contributed by atoms with Gasteiger partial charge in [0.2, 0.25) is 0 Å². The number of nitrogens with zero attached hydrogens (tertiary/aromatic N) is 2. The number of allylic oxidation sites excluding steroid dienone is 1. The van der Waals surface area contributed by atoms with E-state index >= 15 is 0 Å². The number of H-pyrrole nitrogens is 1. The van der Waals surface area contributed by atoms with E-state index in [1.807, 2.05) is 44.4 Å². The van der Waals surface area contributed by atoms with Crippen molar-refractivity contribution in [1.82, 2.24) is 9.97 Å². The van der Waals surface area contributed by atoms with Gasteiger partial charge in [-0.15, -0.1) is 23.1 Å². The van der Waals surface area contributed by atoms with Gasteiger partial charge >= 0.3 is 0 Å². The van der Waals surface area contributed by atoms with Crippen LogP contribution in [0.5, 0.6) is 0 Å². The van der Waals surface area contributed by atoms with Crippen molar-refractivity contribution in [2.24, 2.45) is 0 Å². The Bertz CT molecular complexity index is 1040. The Kier molecular flexibility index (Phi) is 4.56. The first kappa shape index (κ1) is 16.5. The zero-order valence-electron chi connectivity index (χ0n) is 13.5. The lowest BCUT2D eigenvalue weighted by molar-refractivity contribution is 1.13. The summed E-state index contributed by atoms with van der Waals surface area (Å²) in [4.78, 5) is 22.5. The first-order valence-corrected chi connectivity index (χ1v) is 9.34.